The lowest BCUT2D eigenvalue weighted by molar-refractivity contribution is -0.141. The van der Waals surface area contributed by atoms with Crippen molar-refractivity contribution in [3.63, 3.8) is 0 Å². The van der Waals surface area contributed by atoms with Gasteiger partial charge in [-0.1, -0.05) is 0 Å². The maximum atomic E-state index is 12.1. The summed E-state index contributed by atoms with van der Waals surface area (Å²) in [6, 6.07) is 5.38. The summed E-state index contributed by atoms with van der Waals surface area (Å²) in [6.45, 7) is 1.44. The van der Waals surface area contributed by atoms with Crippen molar-refractivity contribution < 1.29 is 19.1 Å². The van der Waals surface area contributed by atoms with Gasteiger partial charge in [0.15, 0.2) is 5.78 Å². The average Bonchev–Trinajstić information content (AvgIpc) is 2.86. The summed E-state index contributed by atoms with van der Waals surface area (Å²) in [7, 11) is 1.58. The Bertz CT molecular complexity index is 633. The predicted octanol–water partition coefficient (Wildman–Crippen LogP) is 1.24. The number of methoxy groups -OCH3 is 1. The smallest absolute Gasteiger partial charge is 0.303 e. The van der Waals surface area contributed by atoms with E-state index in [1.54, 1.807) is 19.2 Å². The number of ether oxygens (including phenoxy) is 2. The van der Waals surface area contributed by atoms with Gasteiger partial charge in [0.25, 0.3) is 0 Å². The van der Waals surface area contributed by atoms with Crippen LogP contribution in [0.1, 0.15) is 17.3 Å². The molecule has 0 saturated heterocycles. The lowest BCUT2D eigenvalue weighted by atomic mass is 10.1. The third-order valence-corrected chi connectivity index (χ3v) is 2.83. The largest absolute Gasteiger partial charge is 0.497 e. The fourth-order valence-corrected chi connectivity index (χ4v) is 1.85. The second-order valence-electron chi connectivity index (χ2n) is 4.22. The van der Waals surface area contributed by atoms with Crippen LogP contribution in [-0.4, -0.2) is 36.5 Å². The molecule has 2 heterocycles. The SMILES string of the molecule is COc1ccn2ccc(C(=O)CNCOC(C)=O)c2c1. The molecular weight excluding hydrogens is 260 g/mol. The van der Waals surface area contributed by atoms with E-state index < -0.39 is 0 Å². The number of esters is 1. The van der Waals surface area contributed by atoms with E-state index in [1.165, 1.54) is 6.92 Å². The zero-order valence-electron chi connectivity index (χ0n) is 11.4. The van der Waals surface area contributed by atoms with Gasteiger partial charge in [-0.3, -0.25) is 14.9 Å². The lowest BCUT2D eigenvalue weighted by Crippen LogP contribution is -2.26. The molecule has 0 atom stereocenters. The van der Waals surface area contributed by atoms with Crippen LogP contribution >= 0.6 is 0 Å². The Labute approximate surface area is 116 Å². The third-order valence-electron chi connectivity index (χ3n) is 2.83. The molecule has 106 valence electrons. The highest BCUT2D eigenvalue weighted by Crippen LogP contribution is 2.19. The van der Waals surface area contributed by atoms with Crippen molar-refractivity contribution in [3.8, 4) is 5.75 Å². The minimum Gasteiger partial charge on any atom is -0.497 e. The molecular formula is C14H16N2O4. The summed E-state index contributed by atoms with van der Waals surface area (Å²) in [6.07, 6.45) is 3.64. The average molecular weight is 276 g/mol. The van der Waals surface area contributed by atoms with Gasteiger partial charge in [-0.2, -0.15) is 0 Å². The molecule has 0 fully saturated rings. The zero-order valence-corrected chi connectivity index (χ0v) is 11.4. The van der Waals surface area contributed by atoms with E-state index in [1.807, 2.05) is 22.9 Å². The van der Waals surface area contributed by atoms with E-state index in [-0.39, 0.29) is 25.0 Å². The molecule has 0 aromatic carbocycles. The first kappa shape index (κ1) is 14.1. The number of fused-ring (bicyclic) bond motifs is 1. The number of aromatic nitrogens is 1. The van der Waals surface area contributed by atoms with Crippen LogP contribution < -0.4 is 10.1 Å². The molecule has 2 rings (SSSR count). The number of Topliss-reactive ketones (excluding diaryl/α,β-unsaturated/α-hetero) is 1. The number of ketones is 1. The van der Waals surface area contributed by atoms with Gasteiger partial charge in [0.1, 0.15) is 12.5 Å². The molecule has 1 N–H and O–H groups in total. The fourth-order valence-electron chi connectivity index (χ4n) is 1.85. The Balaban J connectivity index is 2.07. The first-order valence-electron chi connectivity index (χ1n) is 6.14. The second kappa shape index (κ2) is 6.21. The van der Waals surface area contributed by atoms with Gasteiger partial charge >= 0.3 is 5.97 Å². The highest BCUT2D eigenvalue weighted by molar-refractivity contribution is 6.04. The highest BCUT2D eigenvalue weighted by atomic mass is 16.5. The molecule has 20 heavy (non-hydrogen) atoms. The number of rotatable bonds is 6. The van der Waals surface area contributed by atoms with Gasteiger partial charge in [0.2, 0.25) is 0 Å². The molecule has 6 heteroatoms. The molecule has 2 aromatic rings. The van der Waals surface area contributed by atoms with Crippen molar-refractivity contribution in [1.82, 2.24) is 9.72 Å². The summed E-state index contributed by atoms with van der Waals surface area (Å²) in [4.78, 5) is 22.7. The van der Waals surface area contributed by atoms with Gasteiger partial charge in [-0.15, -0.1) is 0 Å². The molecule has 0 bridgehead atoms. The molecule has 6 nitrogen and oxygen atoms in total. The maximum absolute atomic E-state index is 12.1. The van der Waals surface area contributed by atoms with Crippen LogP contribution in [0.5, 0.6) is 5.75 Å². The quantitative estimate of drug-likeness (QED) is 0.372. The molecule has 0 radical (unpaired) electrons. The van der Waals surface area contributed by atoms with E-state index in [9.17, 15) is 9.59 Å². The van der Waals surface area contributed by atoms with Gasteiger partial charge in [0.05, 0.1) is 19.2 Å². The van der Waals surface area contributed by atoms with E-state index in [0.29, 0.717) is 11.3 Å². The van der Waals surface area contributed by atoms with Gasteiger partial charge in [-0.25, -0.2) is 0 Å². The van der Waals surface area contributed by atoms with Crippen molar-refractivity contribution in [2.24, 2.45) is 0 Å². The number of carbonyl (C=O) groups is 2. The summed E-state index contributed by atoms with van der Waals surface area (Å²) >= 11 is 0. The van der Waals surface area contributed by atoms with E-state index in [0.717, 1.165) is 5.52 Å². The molecule has 0 amide bonds. The Morgan fingerprint density at radius 2 is 2.05 bits per heavy atom. The van der Waals surface area contributed by atoms with Crippen LogP contribution in [0.2, 0.25) is 0 Å². The molecule has 0 saturated carbocycles. The summed E-state index contributed by atoms with van der Waals surface area (Å²) in [5.74, 6) is 0.232. The molecule has 2 aromatic heterocycles. The molecule has 0 aliphatic rings. The van der Waals surface area contributed by atoms with Crippen LogP contribution in [0.15, 0.2) is 30.6 Å². The fraction of sp³-hybridized carbons (Fsp3) is 0.286. The third kappa shape index (κ3) is 3.16. The first-order chi connectivity index (χ1) is 9.61. The number of nitrogens with zero attached hydrogens (tertiary/aromatic N) is 1. The molecule has 0 aliphatic heterocycles. The summed E-state index contributed by atoms with van der Waals surface area (Å²) in [5, 5.41) is 2.76. The van der Waals surface area contributed by atoms with E-state index >= 15 is 0 Å². The molecule has 0 spiro atoms. The van der Waals surface area contributed by atoms with Gasteiger partial charge < -0.3 is 13.9 Å². The Morgan fingerprint density at radius 3 is 2.75 bits per heavy atom. The lowest BCUT2D eigenvalue weighted by Gasteiger charge is -2.05. The molecule has 0 aliphatic carbocycles. The Morgan fingerprint density at radius 1 is 1.30 bits per heavy atom. The standard InChI is InChI=1S/C14H16N2O4/c1-10(17)20-9-15-8-14(18)12-4-6-16-5-3-11(19-2)7-13(12)16/h3-7,15H,8-9H2,1-2H3. The number of hydrogen-bond acceptors (Lipinski definition) is 5. The summed E-state index contributed by atoms with van der Waals surface area (Å²) < 4.78 is 11.7. The number of nitrogens with one attached hydrogen (secondary N) is 1. The van der Waals surface area contributed by atoms with Crippen molar-refractivity contribution in [2.75, 3.05) is 20.4 Å². The zero-order chi connectivity index (χ0) is 14.5. The first-order valence-corrected chi connectivity index (χ1v) is 6.14. The monoisotopic (exact) mass is 276 g/mol. The number of hydrogen-bond donors (Lipinski definition) is 1. The molecule has 0 unspecified atom stereocenters. The van der Waals surface area contributed by atoms with Crippen molar-refractivity contribution in [2.45, 2.75) is 6.92 Å². The topological polar surface area (TPSA) is 69.0 Å². The number of pyridine rings is 1. The summed E-state index contributed by atoms with van der Waals surface area (Å²) in [5.41, 5.74) is 1.38. The Kier molecular flexibility index (Phi) is 4.37. The highest BCUT2D eigenvalue weighted by Gasteiger charge is 2.11. The normalized spacial score (nSPS) is 10.5. The van der Waals surface area contributed by atoms with Gasteiger partial charge in [-0.05, 0) is 12.1 Å². The van der Waals surface area contributed by atoms with Crippen molar-refractivity contribution >= 4 is 17.3 Å². The predicted molar refractivity (Wildman–Crippen MR) is 72.9 cm³/mol. The number of carbonyl (C=O) groups excluding carboxylic acids is 2. The van der Waals surface area contributed by atoms with Crippen LogP contribution in [-0.2, 0) is 9.53 Å². The van der Waals surface area contributed by atoms with E-state index in [4.69, 9.17) is 9.47 Å². The minimum atomic E-state index is -0.385. The second-order valence-corrected chi connectivity index (χ2v) is 4.22. The van der Waals surface area contributed by atoms with Crippen LogP contribution in [0.25, 0.3) is 5.52 Å². The van der Waals surface area contributed by atoms with Crippen LogP contribution in [0.3, 0.4) is 0 Å². The van der Waals surface area contributed by atoms with Crippen LogP contribution in [0.4, 0.5) is 0 Å². The maximum Gasteiger partial charge on any atom is 0.303 e. The van der Waals surface area contributed by atoms with Crippen molar-refractivity contribution in [3.05, 3.63) is 36.2 Å². The van der Waals surface area contributed by atoms with Crippen molar-refractivity contribution in [1.29, 1.82) is 0 Å². The minimum absolute atomic E-state index is 0.0240. The van der Waals surface area contributed by atoms with Crippen LogP contribution in [0, 0.1) is 0 Å². The van der Waals surface area contributed by atoms with E-state index in [2.05, 4.69) is 5.32 Å². The Hall–Kier alpha value is -2.34. The van der Waals surface area contributed by atoms with Gasteiger partial charge in [0, 0.05) is 30.9 Å².